The van der Waals surface area contributed by atoms with Gasteiger partial charge >= 0.3 is 12.0 Å². The molecule has 1 aromatic heterocycles. The summed E-state index contributed by atoms with van der Waals surface area (Å²) < 4.78 is 4.97. The van der Waals surface area contributed by atoms with Crippen molar-refractivity contribution in [3.8, 4) is 0 Å². The van der Waals surface area contributed by atoms with Crippen LogP contribution in [-0.2, 0) is 14.3 Å². The lowest BCUT2D eigenvalue weighted by atomic mass is 9.73. The summed E-state index contributed by atoms with van der Waals surface area (Å²) in [5, 5.41) is 2.78. The van der Waals surface area contributed by atoms with Crippen LogP contribution in [0.4, 0.5) is 4.79 Å². The summed E-state index contributed by atoms with van der Waals surface area (Å²) in [6.45, 7) is 2.95. The summed E-state index contributed by atoms with van der Waals surface area (Å²) >= 11 is 1.33. The van der Waals surface area contributed by atoms with Gasteiger partial charge in [-0.1, -0.05) is 19.8 Å². The van der Waals surface area contributed by atoms with Crippen molar-refractivity contribution in [2.45, 2.75) is 45.1 Å². The molecule has 2 atom stereocenters. The van der Waals surface area contributed by atoms with Gasteiger partial charge in [0, 0.05) is 4.88 Å². The fourth-order valence-corrected chi connectivity index (χ4v) is 4.41. The zero-order valence-electron chi connectivity index (χ0n) is 14.9. The molecule has 3 amide bonds. The van der Waals surface area contributed by atoms with Gasteiger partial charge in [-0.25, -0.2) is 4.79 Å². The van der Waals surface area contributed by atoms with E-state index < -0.39 is 30.7 Å². The topological polar surface area (TPSA) is 92.8 Å². The number of nitrogens with one attached hydrogen (secondary N) is 1. The molecule has 2 aliphatic rings. The van der Waals surface area contributed by atoms with Crippen LogP contribution in [0.1, 0.15) is 47.2 Å². The highest BCUT2D eigenvalue weighted by Gasteiger charge is 2.55. The van der Waals surface area contributed by atoms with Crippen LogP contribution in [-0.4, -0.2) is 47.3 Å². The molecule has 7 nitrogen and oxygen atoms in total. The number of ketones is 1. The monoisotopic (exact) mass is 378 g/mol. The molecule has 1 N–H and O–H groups in total. The van der Waals surface area contributed by atoms with Crippen LogP contribution in [0.2, 0.25) is 0 Å². The van der Waals surface area contributed by atoms with Gasteiger partial charge in [0.1, 0.15) is 12.1 Å². The number of aryl methyl sites for hydroxylation is 1. The second kappa shape index (κ2) is 7.19. The van der Waals surface area contributed by atoms with E-state index in [1.54, 1.807) is 6.07 Å². The van der Waals surface area contributed by atoms with Gasteiger partial charge in [-0.05, 0) is 37.8 Å². The Morgan fingerprint density at radius 1 is 1.35 bits per heavy atom. The molecule has 1 spiro atoms. The summed E-state index contributed by atoms with van der Waals surface area (Å²) in [6.07, 6.45) is 3.33. The van der Waals surface area contributed by atoms with E-state index in [1.807, 2.05) is 19.9 Å². The molecule has 0 unspecified atom stereocenters. The second-order valence-electron chi connectivity index (χ2n) is 6.93. The molecule has 1 saturated heterocycles. The summed E-state index contributed by atoms with van der Waals surface area (Å²) in [5.74, 6) is -1.41. The van der Waals surface area contributed by atoms with Crippen molar-refractivity contribution in [1.29, 1.82) is 0 Å². The molecule has 1 aliphatic carbocycles. The van der Waals surface area contributed by atoms with Crippen molar-refractivity contribution in [2.75, 3.05) is 13.2 Å². The number of ether oxygens (including phenoxy) is 1. The molecule has 0 radical (unpaired) electrons. The Morgan fingerprint density at radius 3 is 2.77 bits per heavy atom. The molecule has 2 heterocycles. The third kappa shape index (κ3) is 3.38. The van der Waals surface area contributed by atoms with Crippen LogP contribution < -0.4 is 5.32 Å². The Kier molecular flexibility index (Phi) is 5.13. The zero-order chi connectivity index (χ0) is 18.9. The Morgan fingerprint density at radius 2 is 2.12 bits per heavy atom. The van der Waals surface area contributed by atoms with Crippen LogP contribution in [0.25, 0.3) is 0 Å². The number of rotatable bonds is 5. The molecular weight excluding hydrogens is 356 g/mol. The maximum Gasteiger partial charge on any atom is 0.326 e. The van der Waals surface area contributed by atoms with E-state index in [0.717, 1.165) is 29.0 Å². The predicted octanol–water partition coefficient (Wildman–Crippen LogP) is 2.28. The first-order valence-corrected chi connectivity index (χ1v) is 9.54. The van der Waals surface area contributed by atoms with Crippen molar-refractivity contribution in [3.05, 3.63) is 21.9 Å². The van der Waals surface area contributed by atoms with E-state index >= 15 is 0 Å². The molecule has 1 saturated carbocycles. The number of esters is 1. The zero-order valence-corrected chi connectivity index (χ0v) is 15.7. The summed E-state index contributed by atoms with van der Waals surface area (Å²) in [4.78, 5) is 51.4. The average molecular weight is 378 g/mol. The summed E-state index contributed by atoms with van der Waals surface area (Å²) in [6, 6.07) is 2.93. The highest BCUT2D eigenvalue weighted by molar-refractivity contribution is 7.14. The number of carbonyl (C=O) groups excluding carboxylic acids is 4. The molecule has 3 rings (SSSR count). The van der Waals surface area contributed by atoms with Crippen LogP contribution in [0.5, 0.6) is 0 Å². The van der Waals surface area contributed by atoms with E-state index in [9.17, 15) is 19.2 Å². The highest BCUT2D eigenvalue weighted by atomic mass is 32.1. The SMILES string of the molecule is Cc1ccc(C(=O)COC(=O)CN2C(=O)N[C@]3(CCCC[C@H]3C)C2=O)s1. The van der Waals surface area contributed by atoms with E-state index in [2.05, 4.69) is 5.32 Å². The number of nitrogens with zero attached hydrogens (tertiary/aromatic N) is 1. The highest BCUT2D eigenvalue weighted by Crippen LogP contribution is 2.38. The summed E-state index contributed by atoms with van der Waals surface area (Å²) in [5.41, 5.74) is -0.903. The number of imide groups is 1. The average Bonchev–Trinajstić information content (AvgIpc) is 3.13. The molecule has 0 aromatic carbocycles. The standard InChI is InChI=1S/C18H22N2O5S/c1-11-5-3-4-8-18(11)16(23)20(17(24)19-18)9-15(22)25-10-13(21)14-7-6-12(2)26-14/h6-7,11H,3-5,8-10H2,1-2H3,(H,19,24)/t11-,18+/m1/s1. The van der Waals surface area contributed by atoms with Crippen molar-refractivity contribution in [3.63, 3.8) is 0 Å². The minimum Gasteiger partial charge on any atom is -0.456 e. The van der Waals surface area contributed by atoms with Gasteiger partial charge in [0.05, 0.1) is 4.88 Å². The molecule has 0 bridgehead atoms. The van der Waals surface area contributed by atoms with Crippen molar-refractivity contribution in [1.82, 2.24) is 10.2 Å². The quantitative estimate of drug-likeness (QED) is 0.482. The lowest BCUT2D eigenvalue weighted by Crippen LogP contribution is -2.54. The molecule has 2 fully saturated rings. The van der Waals surface area contributed by atoms with Gasteiger partial charge in [-0.15, -0.1) is 11.3 Å². The predicted molar refractivity (Wildman–Crippen MR) is 95.0 cm³/mol. The minimum atomic E-state index is -0.903. The smallest absolute Gasteiger partial charge is 0.326 e. The first-order chi connectivity index (χ1) is 12.3. The fraction of sp³-hybridized carbons (Fsp3) is 0.556. The Balaban J connectivity index is 1.58. The van der Waals surface area contributed by atoms with Gasteiger partial charge in [-0.3, -0.25) is 19.3 Å². The first-order valence-electron chi connectivity index (χ1n) is 8.73. The Hall–Kier alpha value is -2.22. The van der Waals surface area contributed by atoms with Gasteiger partial charge in [0.25, 0.3) is 5.91 Å². The normalized spacial score (nSPS) is 25.5. The Labute approximate surface area is 155 Å². The van der Waals surface area contributed by atoms with E-state index in [-0.39, 0.29) is 17.6 Å². The number of Topliss-reactive ketones (excluding diaryl/α,β-unsaturated/α-hetero) is 1. The lowest BCUT2D eigenvalue weighted by molar-refractivity contribution is -0.147. The fourth-order valence-electron chi connectivity index (χ4n) is 3.62. The molecule has 1 aliphatic heterocycles. The van der Waals surface area contributed by atoms with Crippen molar-refractivity contribution >= 4 is 35.0 Å². The van der Waals surface area contributed by atoms with Crippen molar-refractivity contribution < 1.29 is 23.9 Å². The van der Waals surface area contributed by atoms with Crippen molar-refractivity contribution in [2.24, 2.45) is 5.92 Å². The molecule has 8 heteroatoms. The third-order valence-electron chi connectivity index (χ3n) is 5.17. The van der Waals surface area contributed by atoms with Crippen LogP contribution in [0.15, 0.2) is 12.1 Å². The van der Waals surface area contributed by atoms with Gasteiger partial charge in [0.2, 0.25) is 5.78 Å². The third-order valence-corrected chi connectivity index (χ3v) is 6.21. The number of urea groups is 1. The number of hydrogen-bond acceptors (Lipinski definition) is 6. The van der Waals surface area contributed by atoms with Gasteiger partial charge in [-0.2, -0.15) is 0 Å². The molecule has 26 heavy (non-hydrogen) atoms. The number of hydrogen-bond donors (Lipinski definition) is 1. The first kappa shape index (κ1) is 18.6. The van der Waals surface area contributed by atoms with Crippen LogP contribution >= 0.6 is 11.3 Å². The van der Waals surface area contributed by atoms with Crippen LogP contribution in [0, 0.1) is 12.8 Å². The number of amides is 3. The maximum atomic E-state index is 12.8. The minimum absolute atomic E-state index is 0.0253. The number of thiophene rings is 1. The summed E-state index contributed by atoms with van der Waals surface area (Å²) in [7, 11) is 0. The van der Waals surface area contributed by atoms with Gasteiger partial charge < -0.3 is 10.1 Å². The molecular formula is C18H22N2O5S. The van der Waals surface area contributed by atoms with Crippen LogP contribution in [0.3, 0.4) is 0 Å². The lowest BCUT2D eigenvalue weighted by Gasteiger charge is -2.36. The Bertz CT molecular complexity index is 759. The molecule has 1 aromatic rings. The van der Waals surface area contributed by atoms with E-state index in [4.69, 9.17) is 4.74 Å². The van der Waals surface area contributed by atoms with Gasteiger partial charge in [0.15, 0.2) is 6.61 Å². The van der Waals surface area contributed by atoms with E-state index in [0.29, 0.717) is 11.3 Å². The second-order valence-corrected chi connectivity index (χ2v) is 8.22. The maximum absolute atomic E-state index is 12.8. The molecule has 140 valence electrons. The van der Waals surface area contributed by atoms with E-state index in [1.165, 1.54) is 11.3 Å². The largest absolute Gasteiger partial charge is 0.456 e. The number of carbonyl (C=O) groups is 4.